The smallest absolute Gasteiger partial charge is 0.153 e. The molecule has 5 heteroatoms. The summed E-state index contributed by atoms with van der Waals surface area (Å²) in [5, 5.41) is 4.57. The Morgan fingerprint density at radius 2 is 2.05 bits per heavy atom. The molecule has 100 valence electrons. The highest BCUT2D eigenvalue weighted by molar-refractivity contribution is 9.11. The van der Waals surface area contributed by atoms with Gasteiger partial charge in [0.25, 0.3) is 0 Å². The minimum atomic E-state index is 0.599. The molecule has 2 heterocycles. The number of aromatic nitrogens is 2. The topological polar surface area (TPSA) is 34.9 Å². The van der Waals surface area contributed by atoms with Crippen LogP contribution in [0.1, 0.15) is 15.2 Å². The summed E-state index contributed by atoms with van der Waals surface area (Å²) in [7, 11) is 0. The van der Waals surface area contributed by atoms with Crippen LogP contribution in [0.25, 0.3) is 16.9 Å². The van der Waals surface area contributed by atoms with Gasteiger partial charge in [0.05, 0.1) is 15.0 Å². The molecule has 0 N–H and O–H groups in total. The second-order valence-electron chi connectivity index (χ2n) is 4.35. The number of hydrogen-bond donors (Lipinski definition) is 0. The second kappa shape index (κ2) is 5.34. The summed E-state index contributed by atoms with van der Waals surface area (Å²) in [6.45, 7) is 2.03. The first-order valence-electron chi connectivity index (χ1n) is 6.05. The van der Waals surface area contributed by atoms with Crippen molar-refractivity contribution in [3.05, 3.63) is 56.8 Å². The summed E-state index contributed by atoms with van der Waals surface area (Å²) in [6.07, 6.45) is 2.62. The first-order valence-corrected chi connectivity index (χ1v) is 7.66. The molecule has 0 atom stereocenters. The number of thiophene rings is 1. The average molecular weight is 347 g/mol. The van der Waals surface area contributed by atoms with Crippen molar-refractivity contribution in [3.8, 4) is 16.9 Å². The first kappa shape index (κ1) is 13.3. The molecule has 0 saturated carbocycles. The van der Waals surface area contributed by atoms with E-state index in [0.717, 1.165) is 31.9 Å². The van der Waals surface area contributed by atoms with Gasteiger partial charge in [-0.05, 0) is 41.1 Å². The molecule has 0 unspecified atom stereocenters. The molecule has 0 saturated heterocycles. The molecule has 3 nitrogen and oxygen atoms in total. The number of carbonyl (C=O) groups is 1. The zero-order chi connectivity index (χ0) is 14.1. The number of halogens is 1. The number of nitrogens with zero attached hydrogens (tertiary/aromatic N) is 2. The number of benzene rings is 1. The van der Waals surface area contributed by atoms with Crippen LogP contribution in [-0.2, 0) is 0 Å². The Kier molecular flexibility index (Phi) is 3.54. The Hall–Kier alpha value is -1.72. The highest BCUT2D eigenvalue weighted by Crippen LogP contribution is 2.34. The molecule has 0 fully saturated rings. The van der Waals surface area contributed by atoms with Gasteiger partial charge in [-0.15, -0.1) is 11.3 Å². The van der Waals surface area contributed by atoms with Gasteiger partial charge in [0, 0.05) is 16.6 Å². The van der Waals surface area contributed by atoms with Gasteiger partial charge in [0.1, 0.15) is 5.69 Å². The molecule has 3 rings (SSSR count). The monoisotopic (exact) mass is 346 g/mol. The van der Waals surface area contributed by atoms with Crippen molar-refractivity contribution in [3.63, 3.8) is 0 Å². The molecule has 20 heavy (non-hydrogen) atoms. The normalized spacial score (nSPS) is 10.7. The van der Waals surface area contributed by atoms with E-state index in [0.29, 0.717) is 5.56 Å². The lowest BCUT2D eigenvalue weighted by atomic mass is 10.1. The van der Waals surface area contributed by atoms with E-state index in [1.165, 1.54) is 0 Å². The van der Waals surface area contributed by atoms with E-state index in [-0.39, 0.29) is 0 Å². The van der Waals surface area contributed by atoms with E-state index in [1.54, 1.807) is 22.2 Å². The standard InChI is InChI=1S/C15H11BrN2OS/c1-10-13(7-14(16)20-10)15-11(9-19)8-18(17-15)12-5-3-2-4-6-12/h2-9H,1H3. The molecule has 1 aromatic carbocycles. The van der Waals surface area contributed by atoms with E-state index in [9.17, 15) is 4.79 Å². The third-order valence-corrected chi connectivity index (χ3v) is 4.59. The second-order valence-corrected chi connectivity index (χ2v) is 6.99. The Morgan fingerprint density at radius 3 is 2.65 bits per heavy atom. The maximum Gasteiger partial charge on any atom is 0.153 e. The molecular weight excluding hydrogens is 336 g/mol. The lowest BCUT2D eigenvalue weighted by Gasteiger charge is -1.99. The Balaban J connectivity index is 2.15. The van der Waals surface area contributed by atoms with Crippen LogP contribution in [0.5, 0.6) is 0 Å². The van der Waals surface area contributed by atoms with Crippen LogP contribution in [-0.4, -0.2) is 16.1 Å². The van der Waals surface area contributed by atoms with Gasteiger partial charge >= 0.3 is 0 Å². The van der Waals surface area contributed by atoms with Gasteiger partial charge in [0.2, 0.25) is 0 Å². The molecule has 0 aliphatic carbocycles. The van der Waals surface area contributed by atoms with E-state index >= 15 is 0 Å². The number of aryl methyl sites for hydroxylation is 1. The Bertz CT molecular complexity index is 762. The maximum absolute atomic E-state index is 11.3. The van der Waals surface area contributed by atoms with Crippen LogP contribution < -0.4 is 0 Å². The highest BCUT2D eigenvalue weighted by atomic mass is 79.9. The minimum Gasteiger partial charge on any atom is -0.298 e. The predicted octanol–water partition coefficient (Wildman–Crippen LogP) is 4.48. The van der Waals surface area contributed by atoms with Crippen molar-refractivity contribution in [2.24, 2.45) is 0 Å². The first-order chi connectivity index (χ1) is 9.69. The molecule has 2 aromatic heterocycles. The van der Waals surface area contributed by atoms with E-state index < -0.39 is 0 Å². The third kappa shape index (κ3) is 2.34. The fourth-order valence-electron chi connectivity index (χ4n) is 2.08. The molecule has 0 spiro atoms. The summed E-state index contributed by atoms with van der Waals surface area (Å²) < 4.78 is 2.78. The number of hydrogen-bond acceptors (Lipinski definition) is 3. The fourth-order valence-corrected chi connectivity index (χ4v) is 3.77. The van der Waals surface area contributed by atoms with Crippen molar-refractivity contribution >= 4 is 33.6 Å². The summed E-state index contributed by atoms with van der Waals surface area (Å²) >= 11 is 5.11. The fraction of sp³-hybridized carbons (Fsp3) is 0.0667. The Labute approximate surface area is 129 Å². The van der Waals surface area contributed by atoms with Gasteiger partial charge < -0.3 is 0 Å². The predicted molar refractivity (Wildman–Crippen MR) is 84.7 cm³/mol. The van der Waals surface area contributed by atoms with Crippen LogP contribution in [0.2, 0.25) is 0 Å². The minimum absolute atomic E-state index is 0.599. The number of carbonyl (C=O) groups excluding carboxylic acids is 1. The molecule has 0 aliphatic rings. The van der Waals surface area contributed by atoms with Crippen LogP contribution in [0.15, 0.2) is 46.4 Å². The molecule has 3 aromatic rings. The van der Waals surface area contributed by atoms with Crippen LogP contribution in [0, 0.1) is 6.92 Å². The Morgan fingerprint density at radius 1 is 1.30 bits per heavy atom. The number of rotatable bonds is 3. The summed E-state index contributed by atoms with van der Waals surface area (Å²) in [5.74, 6) is 0. The lowest BCUT2D eigenvalue weighted by molar-refractivity contribution is 0.112. The molecule has 0 radical (unpaired) electrons. The third-order valence-electron chi connectivity index (χ3n) is 3.03. The van der Waals surface area contributed by atoms with Gasteiger partial charge in [-0.3, -0.25) is 4.79 Å². The van der Waals surface area contributed by atoms with Gasteiger partial charge in [-0.1, -0.05) is 18.2 Å². The van der Waals surface area contributed by atoms with Crippen molar-refractivity contribution in [1.82, 2.24) is 9.78 Å². The van der Waals surface area contributed by atoms with E-state index in [2.05, 4.69) is 21.0 Å². The van der Waals surface area contributed by atoms with Crippen molar-refractivity contribution in [2.45, 2.75) is 6.92 Å². The van der Waals surface area contributed by atoms with Crippen molar-refractivity contribution < 1.29 is 4.79 Å². The molecule has 0 bridgehead atoms. The van der Waals surface area contributed by atoms with Crippen LogP contribution in [0.4, 0.5) is 0 Å². The zero-order valence-corrected chi connectivity index (χ0v) is 13.1. The van der Waals surface area contributed by atoms with Crippen molar-refractivity contribution in [1.29, 1.82) is 0 Å². The van der Waals surface area contributed by atoms with E-state index in [1.807, 2.05) is 43.3 Å². The quantitative estimate of drug-likeness (QED) is 0.655. The average Bonchev–Trinajstić information content (AvgIpc) is 3.02. The number of aldehydes is 1. The van der Waals surface area contributed by atoms with Gasteiger partial charge in [-0.2, -0.15) is 5.10 Å². The molecular formula is C15H11BrN2OS. The van der Waals surface area contributed by atoms with E-state index in [4.69, 9.17) is 0 Å². The summed E-state index contributed by atoms with van der Waals surface area (Å²) in [6, 6.07) is 11.8. The SMILES string of the molecule is Cc1sc(Br)cc1-c1nn(-c2ccccc2)cc1C=O. The van der Waals surface area contributed by atoms with Gasteiger partial charge in [-0.25, -0.2) is 4.68 Å². The van der Waals surface area contributed by atoms with Crippen LogP contribution >= 0.6 is 27.3 Å². The largest absolute Gasteiger partial charge is 0.298 e. The lowest BCUT2D eigenvalue weighted by Crippen LogP contribution is -1.93. The summed E-state index contributed by atoms with van der Waals surface area (Å²) in [5.41, 5.74) is 3.26. The van der Waals surface area contributed by atoms with Gasteiger partial charge in [0.15, 0.2) is 6.29 Å². The zero-order valence-electron chi connectivity index (χ0n) is 10.7. The highest BCUT2D eigenvalue weighted by Gasteiger charge is 2.15. The van der Waals surface area contributed by atoms with Crippen LogP contribution in [0.3, 0.4) is 0 Å². The van der Waals surface area contributed by atoms with Crippen molar-refractivity contribution in [2.75, 3.05) is 0 Å². The maximum atomic E-state index is 11.3. The molecule has 0 amide bonds. The summed E-state index contributed by atoms with van der Waals surface area (Å²) in [4.78, 5) is 12.4. The number of para-hydroxylation sites is 1. The molecule has 0 aliphatic heterocycles.